The first-order valence-corrected chi connectivity index (χ1v) is 6.75. The molecule has 0 aromatic rings. The molecule has 0 bridgehead atoms. The van der Waals surface area contributed by atoms with Crippen LogP contribution < -0.4 is 11.1 Å². The maximum absolute atomic E-state index is 12.1. The highest BCUT2D eigenvalue weighted by atomic mass is 16.4. The van der Waals surface area contributed by atoms with Crippen molar-refractivity contribution >= 4 is 11.9 Å². The van der Waals surface area contributed by atoms with Gasteiger partial charge in [0.1, 0.15) is 0 Å². The maximum Gasteiger partial charge on any atom is 0.303 e. The molecule has 0 aromatic carbocycles. The van der Waals surface area contributed by atoms with Gasteiger partial charge in [0, 0.05) is 6.54 Å². The van der Waals surface area contributed by atoms with Crippen LogP contribution in [0.5, 0.6) is 0 Å². The molecule has 2 aliphatic carbocycles. The van der Waals surface area contributed by atoms with Crippen molar-refractivity contribution < 1.29 is 14.7 Å². The van der Waals surface area contributed by atoms with Crippen LogP contribution in [0.25, 0.3) is 0 Å². The summed E-state index contributed by atoms with van der Waals surface area (Å²) >= 11 is 0. The standard InChI is InChI=1S/C13H22N2O3/c14-13(6-1-2-7-13)11(18)15-9-12(4-3-5-12)8-10(16)17/h1-9,14H2,(H,15,18)(H,16,17). The smallest absolute Gasteiger partial charge is 0.303 e. The molecule has 0 unspecified atom stereocenters. The molecule has 2 saturated carbocycles. The van der Waals surface area contributed by atoms with Crippen LogP contribution in [0.3, 0.4) is 0 Å². The van der Waals surface area contributed by atoms with E-state index >= 15 is 0 Å². The van der Waals surface area contributed by atoms with Crippen molar-refractivity contribution in [3.05, 3.63) is 0 Å². The summed E-state index contributed by atoms with van der Waals surface area (Å²) in [5.74, 6) is -0.885. The van der Waals surface area contributed by atoms with E-state index in [-0.39, 0.29) is 17.7 Å². The predicted molar refractivity (Wildman–Crippen MR) is 66.9 cm³/mol. The van der Waals surface area contributed by atoms with Crippen LogP contribution in [0.1, 0.15) is 51.4 Å². The van der Waals surface area contributed by atoms with E-state index in [1.807, 2.05) is 0 Å². The van der Waals surface area contributed by atoms with Gasteiger partial charge in [-0.25, -0.2) is 0 Å². The van der Waals surface area contributed by atoms with Crippen molar-refractivity contribution in [1.29, 1.82) is 0 Å². The van der Waals surface area contributed by atoms with Gasteiger partial charge in [-0.15, -0.1) is 0 Å². The van der Waals surface area contributed by atoms with Gasteiger partial charge in [-0.1, -0.05) is 19.3 Å². The minimum Gasteiger partial charge on any atom is -0.481 e. The van der Waals surface area contributed by atoms with Crippen LogP contribution in [-0.4, -0.2) is 29.1 Å². The van der Waals surface area contributed by atoms with E-state index in [0.29, 0.717) is 6.54 Å². The number of nitrogens with one attached hydrogen (secondary N) is 1. The van der Waals surface area contributed by atoms with Gasteiger partial charge in [0.15, 0.2) is 0 Å². The summed E-state index contributed by atoms with van der Waals surface area (Å²) in [6.07, 6.45) is 6.46. The highest BCUT2D eigenvalue weighted by Crippen LogP contribution is 2.43. The van der Waals surface area contributed by atoms with Crippen molar-refractivity contribution in [2.24, 2.45) is 11.1 Å². The lowest BCUT2D eigenvalue weighted by molar-refractivity contribution is -0.142. The van der Waals surface area contributed by atoms with E-state index in [2.05, 4.69) is 5.32 Å². The summed E-state index contributed by atoms with van der Waals surface area (Å²) < 4.78 is 0. The fourth-order valence-corrected chi connectivity index (χ4v) is 3.09. The maximum atomic E-state index is 12.1. The van der Waals surface area contributed by atoms with Crippen molar-refractivity contribution in [3.63, 3.8) is 0 Å². The Labute approximate surface area is 107 Å². The normalized spacial score (nSPS) is 24.3. The van der Waals surface area contributed by atoms with Gasteiger partial charge >= 0.3 is 5.97 Å². The third kappa shape index (κ3) is 2.66. The minimum atomic E-state index is -0.785. The first-order chi connectivity index (χ1) is 8.46. The average Bonchev–Trinajstić information content (AvgIpc) is 2.69. The van der Waals surface area contributed by atoms with Crippen molar-refractivity contribution in [2.75, 3.05) is 6.54 Å². The molecule has 0 heterocycles. The van der Waals surface area contributed by atoms with Gasteiger partial charge in [-0.3, -0.25) is 9.59 Å². The van der Waals surface area contributed by atoms with E-state index in [0.717, 1.165) is 44.9 Å². The number of hydrogen-bond donors (Lipinski definition) is 3. The Kier molecular flexibility index (Phi) is 3.61. The molecule has 4 N–H and O–H groups in total. The fourth-order valence-electron chi connectivity index (χ4n) is 3.09. The molecule has 0 aromatic heterocycles. The van der Waals surface area contributed by atoms with Gasteiger partial charge in [-0.2, -0.15) is 0 Å². The second-order valence-electron chi connectivity index (χ2n) is 5.97. The average molecular weight is 254 g/mol. The quantitative estimate of drug-likeness (QED) is 0.683. The zero-order valence-electron chi connectivity index (χ0n) is 10.7. The molecule has 102 valence electrons. The van der Waals surface area contributed by atoms with Crippen LogP contribution in [0.4, 0.5) is 0 Å². The summed E-state index contributed by atoms with van der Waals surface area (Å²) in [4.78, 5) is 22.9. The zero-order valence-corrected chi connectivity index (χ0v) is 10.7. The number of aliphatic carboxylic acids is 1. The lowest BCUT2D eigenvalue weighted by atomic mass is 9.66. The number of carbonyl (C=O) groups excluding carboxylic acids is 1. The number of carboxylic acids is 1. The first kappa shape index (κ1) is 13.3. The summed E-state index contributed by atoms with van der Waals surface area (Å²) in [6.45, 7) is 0.455. The predicted octanol–water partition coefficient (Wildman–Crippen LogP) is 1.02. The number of carbonyl (C=O) groups is 2. The summed E-state index contributed by atoms with van der Waals surface area (Å²) in [5, 5.41) is 11.8. The molecule has 0 aliphatic heterocycles. The number of amides is 1. The molecule has 2 rings (SSSR count). The van der Waals surface area contributed by atoms with Crippen LogP contribution >= 0.6 is 0 Å². The second-order valence-corrected chi connectivity index (χ2v) is 5.97. The third-order valence-corrected chi connectivity index (χ3v) is 4.51. The van der Waals surface area contributed by atoms with E-state index in [4.69, 9.17) is 10.8 Å². The number of nitrogens with two attached hydrogens (primary N) is 1. The molecule has 1 amide bonds. The molecule has 0 radical (unpaired) electrons. The van der Waals surface area contributed by atoms with E-state index in [9.17, 15) is 9.59 Å². The lowest BCUT2D eigenvalue weighted by Crippen LogP contribution is -2.55. The van der Waals surface area contributed by atoms with Crippen molar-refractivity contribution in [3.8, 4) is 0 Å². The number of hydrogen-bond acceptors (Lipinski definition) is 3. The first-order valence-electron chi connectivity index (χ1n) is 6.75. The Bertz CT molecular complexity index is 344. The number of carboxylic acid groups (broad SMARTS) is 1. The molecule has 18 heavy (non-hydrogen) atoms. The molecule has 2 aliphatic rings. The van der Waals surface area contributed by atoms with E-state index in [1.54, 1.807) is 0 Å². The SMILES string of the molecule is NC1(C(=O)NCC2(CC(=O)O)CCC2)CCCC1. The Morgan fingerprint density at radius 1 is 1.11 bits per heavy atom. The third-order valence-electron chi connectivity index (χ3n) is 4.51. The highest BCUT2D eigenvalue weighted by Gasteiger charge is 2.42. The van der Waals surface area contributed by atoms with Gasteiger partial charge in [0.05, 0.1) is 12.0 Å². The molecular formula is C13H22N2O3. The van der Waals surface area contributed by atoms with Gasteiger partial charge in [0.25, 0.3) is 0 Å². The monoisotopic (exact) mass is 254 g/mol. The van der Waals surface area contributed by atoms with Gasteiger partial charge < -0.3 is 16.2 Å². The molecule has 0 atom stereocenters. The van der Waals surface area contributed by atoms with Crippen LogP contribution in [0, 0.1) is 5.41 Å². The summed E-state index contributed by atoms with van der Waals surface area (Å²) in [7, 11) is 0. The fraction of sp³-hybridized carbons (Fsp3) is 0.846. The Morgan fingerprint density at radius 3 is 2.17 bits per heavy atom. The van der Waals surface area contributed by atoms with Gasteiger partial charge in [0.2, 0.25) is 5.91 Å². The molecular weight excluding hydrogens is 232 g/mol. The van der Waals surface area contributed by atoms with Crippen molar-refractivity contribution in [1.82, 2.24) is 5.32 Å². The zero-order chi connectivity index (χ0) is 13.2. The molecule has 0 spiro atoms. The van der Waals surface area contributed by atoms with Gasteiger partial charge in [-0.05, 0) is 31.1 Å². The van der Waals surface area contributed by atoms with E-state index in [1.165, 1.54) is 0 Å². The lowest BCUT2D eigenvalue weighted by Gasteiger charge is -2.41. The molecule has 2 fully saturated rings. The Morgan fingerprint density at radius 2 is 1.72 bits per heavy atom. The van der Waals surface area contributed by atoms with Crippen LogP contribution in [-0.2, 0) is 9.59 Å². The number of rotatable bonds is 5. The van der Waals surface area contributed by atoms with Crippen LogP contribution in [0.2, 0.25) is 0 Å². The Balaban J connectivity index is 1.86. The largest absolute Gasteiger partial charge is 0.481 e. The summed E-state index contributed by atoms with van der Waals surface area (Å²) in [5.41, 5.74) is 5.12. The summed E-state index contributed by atoms with van der Waals surface area (Å²) in [6, 6.07) is 0. The Hall–Kier alpha value is -1.10. The molecule has 0 saturated heterocycles. The van der Waals surface area contributed by atoms with E-state index < -0.39 is 11.5 Å². The highest BCUT2D eigenvalue weighted by molar-refractivity contribution is 5.86. The molecule has 5 nitrogen and oxygen atoms in total. The molecule has 5 heteroatoms. The van der Waals surface area contributed by atoms with Crippen LogP contribution in [0.15, 0.2) is 0 Å². The second kappa shape index (κ2) is 4.88. The minimum absolute atomic E-state index is 0.100. The topological polar surface area (TPSA) is 92.4 Å². The van der Waals surface area contributed by atoms with Crippen molar-refractivity contribution in [2.45, 2.75) is 56.9 Å².